The van der Waals surface area contributed by atoms with Crippen LogP contribution >= 0.6 is 0 Å². The number of esters is 1. The zero-order chi connectivity index (χ0) is 16.2. The number of hydrogen-bond acceptors (Lipinski definition) is 4. The minimum absolute atomic E-state index is 0.313. The highest BCUT2D eigenvalue weighted by Crippen LogP contribution is 2.31. The maximum Gasteiger partial charge on any atom is 0.416 e. The maximum atomic E-state index is 12.8. The molecule has 1 aliphatic rings. The lowest BCUT2D eigenvalue weighted by atomic mass is 9.96. The van der Waals surface area contributed by atoms with Crippen molar-refractivity contribution in [1.82, 2.24) is 4.90 Å². The lowest BCUT2D eigenvalue weighted by Gasteiger charge is -2.29. The molecule has 4 nitrogen and oxygen atoms in total. The maximum absolute atomic E-state index is 12.8. The molecule has 0 saturated carbocycles. The molecule has 0 N–H and O–H groups in total. The average molecular weight is 317 g/mol. The summed E-state index contributed by atoms with van der Waals surface area (Å²) in [7, 11) is 1.24. The van der Waals surface area contributed by atoms with Gasteiger partial charge in [0.2, 0.25) is 0 Å². The second kappa shape index (κ2) is 7.11. The third kappa shape index (κ3) is 4.20. The van der Waals surface area contributed by atoms with Crippen LogP contribution in [-0.4, -0.2) is 50.8 Å². The third-order valence-corrected chi connectivity index (χ3v) is 3.65. The van der Waals surface area contributed by atoms with Crippen molar-refractivity contribution in [2.75, 3.05) is 40.0 Å². The van der Waals surface area contributed by atoms with Gasteiger partial charge in [-0.1, -0.05) is 18.2 Å². The van der Waals surface area contributed by atoms with Crippen LogP contribution in [0, 0.1) is 0 Å². The van der Waals surface area contributed by atoms with E-state index in [0.29, 0.717) is 38.4 Å². The summed E-state index contributed by atoms with van der Waals surface area (Å²) in [6.07, 6.45) is -4.43. The smallest absolute Gasteiger partial charge is 0.416 e. The molecule has 1 aromatic rings. The number of nitrogens with zero attached hydrogens (tertiary/aromatic N) is 1. The molecule has 1 aromatic carbocycles. The zero-order valence-corrected chi connectivity index (χ0v) is 12.2. The lowest BCUT2D eigenvalue weighted by molar-refractivity contribution is -0.143. The highest BCUT2D eigenvalue weighted by molar-refractivity contribution is 5.78. The van der Waals surface area contributed by atoms with E-state index in [1.165, 1.54) is 19.2 Å². The van der Waals surface area contributed by atoms with Gasteiger partial charge >= 0.3 is 12.1 Å². The first-order valence-electron chi connectivity index (χ1n) is 6.97. The first-order chi connectivity index (χ1) is 10.4. The Hall–Kier alpha value is -1.60. The predicted molar refractivity (Wildman–Crippen MR) is 73.5 cm³/mol. The van der Waals surface area contributed by atoms with Crippen molar-refractivity contribution in [1.29, 1.82) is 0 Å². The standard InChI is InChI=1S/C15H18F3NO3/c1-21-14(20)13(10-19-5-7-22-8-6-19)11-3-2-4-12(9-11)15(16,17)18/h2-4,9,13H,5-8,10H2,1H3. The van der Waals surface area contributed by atoms with Gasteiger partial charge in [-0.2, -0.15) is 13.2 Å². The van der Waals surface area contributed by atoms with Crippen LogP contribution < -0.4 is 0 Å². The van der Waals surface area contributed by atoms with Crippen LogP contribution in [0.15, 0.2) is 24.3 Å². The molecule has 0 amide bonds. The average Bonchev–Trinajstić information content (AvgIpc) is 2.52. The van der Waals surface area contributed by atoms with Gasteiger partial charge < -0.3 is 9.47 Å². The number of halogens is 3. The van der Waals surface area contributed by atoms with Crippen LogP contribution in [0.2, 0.25) is 0 Å². The third-order valence-electron chi connectivity index (χ3n) is 3.65. The van der Waals surface area contributed by atoms with Gasteiger partial charge in [-0.3, -0.25) is 9.69 Å². The monoisotopic (exact) mass is 317 g/mol. The van der Waals surface area contributed by atoms with Crippen molar-refractivity contribution in [2.45, 2.75) is 12.1 Å². The Balaban J connectivity index is 2.23. The van der Waals surface area contributed by atoms with Crippen molar-refractivity contribution in [3.8, 4) is 0 Å². The summed E-state index contributed by atoms with van der Waals surface area (Å²) in [5.41, 5.74) is -0.450. The van der Waals surface area contributed by atoms with E-state index in [1.54, 1.807) is 0 Å². The Morgan fingerprint density at radius 2 is 2.05 bits per heavy atom. The molecular weight excluding hydrogens is 299 g/mol. The number of benzene rings is 1. The van der Waals surface area contributed by atoms with E-state index in [-0.39, 0.29) is 0 Å². The van der Waals surface area contributed by atoms with Gasteiger partial charge in [0.15, 0.2) is 0 Å². The molecular formula is C15H18F3NO3. The molecule has 0 radical (unpaired) electrons. The summed E-state index contributed by atoms with van der Waals surface area (Å²) < 4.78 is 48.5. The van der Waals surface area contributed by atoms with Crippen LogP contribution in [0.5, 0.6) is 0 Å². The van der Waals surface area contributed by atoms with Crippen LogP contribution in [-0.2, 0) is 20.4 Å². The summed E-state index contributed by atoms with van der Waals surface area (Å²) in [6, 6.07) is 4.85. The Kier molecular flexibility index (Phi) is 5.42. The van der Waals surface area contributed by atoms with Gasteiger partial charge in [-0.25, -0.2) is 0 Å². The normalized spacial score (nSPS) is 18.0. The quantitative estimate of drug-likeness (QED) is 0.799. The fourth-order valence-corrected chi connectivity index (χ4v) is 2.43. The van der Waals surface area contributed by atoms with Crippen molar-refractivity contribution >= 4 is 5.97 Å². The molecule has 22 heavy (non-hydrogen) atoms. The molecule has 1 saturated heterocycles. The molecule has 0 bridgehead atoms. The summed E-state index contributed by atoms with van der Waals surface area (Å²) in [5, 5.41) is 0. The summed E-state index contributed by atoms with van der Waals surface area (Å²) in [6.45, 7) is 2.71. The highest BCUT2D eigenvalue weighted by atomic mass is 19.4. The van der Waals surface area contributed by atoms with Crippen molar-refractivity contribution in [3.63, 3.8) is 0 Å². The summed E-state index contributed by atoms with van der Waals surface area (Å²) in [4.78, 5) is 14.0. The second-order valence-corrected chi connectivity index (χ2v) is 5.11. The van der Waals surface area contributed by atoms with E-state index in [4.69, 9.17) is 9.47 Å². The summed E-state index contributed by atoms with van der Waals surface area (Å²) >= 11 is 0. The van der Waals surface area contributed by atoms with Gasteiger partial charge in [-0.05, 0) is 11.6 Å². The van der Waals surface area contributed by atoms with E-state index in [2.05, 4.69) is 0 Å². The number of alkyl halides is 3. The highest BCUT2D eigenvalue weighted by Gasteiger charge is 2.32. The van der Waals surface area contributed by atoms with Gasteiger partial charge in [0.25, 0.3) is 0 Å². The van der Waals surface area contributed by atoms with E-state index in [0.717, 1.165) is 12.1 Å². The molecule has 0 aromatic heterocycles. The predicted octanol–water partition coefficient (Wildman–Crippen LogP) is 2.29. The number of carbonyl (C=O) groups is 1. The molecule has 0 aliphatic carbocycles. The van der Waals surface area contributed by atoms with E-state index < -0.39 is 23.6 Å². The molecule has 1 fully saturated rings. The van der Waals surface area contributed by atoms with Crippen molar-refractivity contribution < 1.29 is 27.4 Å². The van der Waals surface area contributed by atoms with Crippen molar-refractivity contribution in [2.24, 2.45) is 0 Å². The van der Waals surface area contributed by atoms with Gasteiger partial charge in [0, 0.05) is 19.6 Å². The Morgan fingerprint density at radius 3 is 2.64 bits per heavy atom. The number of ether oxygens (including phenoxy) is 2. The Bertz CT molecular complexity index is 513. The molecule has 1 heterocycles. The number of morpholine rings is 1. The Morgan fingerprint density at radius 1 is 1.36 bits per heavy atom. The SMILES string of the molecule is COC(=O)C(CN1CCOCC1)c1cccc(C(F)(F)F)c1. The zero-order valence-electron chi connectivity index (χ0n) is 12.2. The first-order valence-corrected chi connectivity index (χ1v) is 6.97. The fraction of sp³-hybridized carbons (Fsp3) is 0.533. The lowest BCUT2D eigenvalue weighted by Crippen LogP contribution is -2.40. The topological polar surface area (TPSA) is 38.8 Å². The van der Waals surface area contributed by atoms with E-state index in [1.807, 2.05) is 4.90 Å². The molecule has 0 spiro atoms. The van der Waals surface area contributed by atoms with Crippen LogP contribution in [0.1, 0.15) is 17.0 Å². The van der Waals surface area contributed by atoms with Crippen molar-refractivity contribution in [3.05, 3.63) is 35.4 Å². The number of methoxy groups -OCH3 is 1. The molecule has 7 heteroatoms. The second-order valence-electron chi connectivity index (χ2n) is 5.11. The molecule has 1 aliphatic heterocycles. The minimum Gasteiger partial charge on any atom is -0.469 e. The van der Waals surface area contributed by atoms with Gasteiger partial charge in [0.1, 0.15) is 0 Å². The summed E-state index contributed by atoms with van der Waals surface area (Å²) in [5.74, 6) is -1.28. The molecule has 2 rings (SSSR count). The Labute approximate surface area is 126 Å². The van der Waals surface area contributed by atoms with E-state index in [9.17, 15) is 18.0 Å². The number of hydrogen-bond donors (Lipinski definition) is 0. The molecule has 1 unspecified atom stereocenters. The van der Waals surface area contributed by atoms with Crippen LogP contribution in [0.25, 0.3) is 0 Å². The van der Waals surface area contributed by atoms with E-state index >= 15 is 0 Å². The van der Waals surface area contributed by atoms with Gasteiger partial charge in [-0.15, -0.1) is 0 Å². The fourth-order valence-electron chi connectivity index (χ4n) is 2.43. The number of rotatable bonds is 4. The molecule has 1 atom stereocenters. The van der Waals surface area contributed by atoms with Crippen LogP contribution in [0.4, 0.5) is 13.2 Å². The minimum atomic E-state index is -4.43. The number of carbonyl (C=O) groups excluding carboxylic acids is 1. The largest absolute Gasteiger partial charge is 0.469 e. The molecule has 122 valence electrons. The first kappa shape index (κ1) is 16.8. The van der Waals surface area contributed by atoms with Crippen LogP contribution in [0.3, 0.4) is 0 Å². The van der Waals surface area contributed by atoms with Gasteiger partial charge in [0.05, 0.1) is 31.8 Å².